The third-order valence-electron chi connectivity index (χ3n) is 2.86. The van der Waals surface area contributed by atoms with E-state index in [9.17, 15) is 9.50 Å². The van der Waals surface area contributed by atoms with Crippen LogP contribution in [0, 0.1) is 5.82 Å². The Hall–Kier alpha value is -0.620. The molecule has 0 aromatic heterocycles. The maximum atomic E-state index is 13.8. The van der Waals surface area contributed by atoms with Crippen LogP contribution in [0.15, 0.2) is 23.1 Å². The summed E-state index contributed by atoms with van der Waals surface area (Å²) in [5, 5.41) is 21.4. The van der Waals surface area contributed by atoms with Crippen molar-refractivity contribution in [1.29, 1.82) is 0 Å². The summed E-state index contributed by atoms with van der Waals surface area (Å²) < 4.78 is 13.8. The van der Waals surface area contributed by atoms with Gasteiger partial charge >= 0.3 is 0 Å². The molecule has 1 aliphatic rings. The quantitative estimate of drug-likeness (QED) is 0.658. The molecule has 0 heterocycles. The number of benzene rings is 1. The van der Waals surface area contributed by atoms with Crippen molar-refractivity contribution in [3.63, 3.8) is 0 Å². The number of hydrogen-bond acceptors (Lipinski definition) is 4. The molecular weight excluding hydrogens is 253 g/mol. The highest BCUT2D eigenvalue weighted by Crippen LogP contribution is 2.27. The summed E-state index contributed by atoms with van der Waals surface area (Å²) in [6.07, 6.45) is 1.57. The van der Waals surface area contributed by atoms with Crippen molar-refractivity contribution in [1.82, 2.24) is 5.32 Å². The number of thioether (sulfide) groups is 1. The van der Waals surface area contributed by atoms with Crippen LogP contribution in [0.3, 0.4) is 0 Å². The first kappa shape index (κ1) is 13.8. The molecule has 100 valence electrons. The third-order valence-corrected chi connectivity index (χ3v) is 4.11. The Morgan fingerprint density at radius 2 is 2.22 bits per heavy atom. The van der Waals surface area contributed by atoms with Crippen LogP contribution in [0.5, 0.6) is 0 Å². The first-order chi connectivity index (χ1) is 8.70. The summed E-state index contributed by atoms with van der Waals surface area (Å²) in [6, 6.07) is 5.51. The van der Waals surface area contributed by atoms with Crippen LogP contribution < -0.4 is 5.32 Å². The van der Waals surface area contributed by atoms with E-state index in [0.717, 1.165) is 4.90 Å². The Kier molecular flexibility index (Phi) is 5.00. The highest BCUT2D eigenvalue weighted by Gasteiger charge is 2.21. The van der Waals surface area contributed by atoms with Crippen LogP contribution >= 0.6 is 11.8 Å². The van der Waals surface area contributed by atoms with Gasteiger partial charge < -0.3 is 15.5 Å². The number of aliphatic hydroxyl groups excluding tert-OH is 2. The minimum atomic E-state index is -0.762. The fourth-order valence-corrected chi connectivity index (χ4v) is 2.61. The molecule has 1 fully saturated rings. The molecule has 3 N–H and O–H groups in total. The SMILES string of the molecule is OCC(O)CSc1cccc(F)c1CNC1CC1. The van der Waals surface area contributed by atoms with Crippen molar-refractivity contribution in [2.24, 2.45) is 0 Å². The van der Waals surface area contributed by atoms with Gasteiger partial charge in [0.1, 0.15) is 5.82 Å². The van der Waals surface area contributed by atoms with Gasteiger partial charge in [-0.05, 0) is 25.0 Å². The van der Waals surface area contributed by atoms with E-state index in [1.807, 2.05) is 6.07 Å². The van der Waals surface area contributed by atoms with E-state index in [-0.39, 0.29) is 12.4 Å². The summed E-state index contributed by atoms with van der Waals surface area (Å²) >= 11 is 1.38. The minimum Gasteiger partial charge on any atom is -0.394 e. The van der Waals surface area contributed by atoms with Gasteiger partial charge in [0.05, 0.1) is 12.7 Å². The molecule has 0 spiro atoms. The molecule has 0 amide bonds. The Morgan fingerprint density at radius 3 is 2.89 bits per heavy atom. The summed E-state index contributed by atoms with van der Waals surface area (Å²) in [7, 11) is 0. The fourth-order valence-electron chi connectivity index (χ4n) is 1.62. The monoisotopic (exact) mass is 271 g/mol. The Balaban J connectivity index is 1.99. The molecule has 1 unspecified atom stereocenters. The summed E-state index contributed by atoms with van der Waals surface area (Å²) in [5.74, 6) is 0.155. The second kappa shape index (κ2) is 6.52. The van der Waals surface area contributed by atoms with Crippen molar-refractivity contribution in [2.75, 3.05) is 12.4 Å². The Labute approximate surface area is 110 Å². The van der Waals surface area contributed by atoms with Gasteiger partial charge in [0.2, 0.25) is 0 Å². The van der Waals surface area contributed by atoms with Gasteiger partial charge in [-0.25, -0.2) is 4.39 Å². The lowest BCUT2D eigenvalue weighted by Crippen LogP contribution is -2.18. The van der Waals surface area contributed by atoms with E-state index in [4.69, 9.17) is 5.11 Å². The highest BCUT2D eigenvalue weighted by atomic mass is 32.2. The Bertz CT molecular complexity index is 399. The highest BCUT2D eigenvalue weighted by molar-refractivity contribution is 7.99. The van der Waals surface area contributed by atoms with Crippen LogP contribution in [-0.4, -0.2) is 34.7 Å². The number of halogens is 1. The predicted octanol–water partition coefficient (Wildman–Crippen LogP) is 1.52. The van der Waals surface area contributed by atoms with Crippen molar-refractivity contribution in [3.8, 4) is 0 Å². The molecular formula is C13H18FNO2S. The lowest BCUT2D eigenvalue weighted by Gasteiger charge is -2.12. The maximum absolute atomic E-state index is 13.8. The molecule has 1 atom stereocenters. The van der Waals surface area contributed by atoms with Gasteiger partial charge in [0, 0.05) is 28.8 Å². The number of nitrogens with one attached hydrogen (secondary N) is 1. The fraction of sp³-hybridized carbons (Fsp3) is 0.538. The van der Waals surface area contributed by atoms with Crippen LogP contribution in [-0.2, 0) is 6.54 Å². The number of aliphatic hydroxyl groups is 2. The predicted molar refractivity (Wildman–Crippen MR) is 70.1 cm³/mol. The van der Waals surface area contributed by atoms with E-state index in [2.05, 4.69) is 5.32 Å². The average molecular weight is 271 g/mol. The zero-order valence-electron chi connectivity index (χ0n) is 10.1. The smallest absolute Gasteiger partial charge is 0.128 e. The van der Waals surface area contributed by atoms with E-state index in [0.29, 0.717) is 23.9 Å². The third kappa shape index (κ3) is 3.95. The first-order valence-electron chi connectivity index (χ1n) is 6.13. The Morgan fingerprint density at radius 1 is 1.44 bits per heavy atom. The van der Waals surface area contributed by atoms with Crippen molar-refractivity contribution >= 4 is 11.8 Å². The minimum absolute atomic E-state index is 0.216. The van der Waals surface area contributed by atoms with Crippen molar-refractivity contribution < 1.29 is 14.6 Å². The number of rotatable bonds is 7. The summed E-state index contributed by atoms with van der Waals surface area (Å²) in [6.45, 7) is 0.257. The molecule has 18 heavy (non-hydrogen) atoms. The van der Waals surface area contributed by atoms with Crippen molar-refractivity contribution in [2.45, 2.75) is 36.4 Å². The normalized spacial score (nSPS) is 16.8. The second-order valence-electron chi connectivity index (χ2n) is 4.52. The van der Waals surface area contributed by atoms with Gasteiger partial charge in [-0.3, -0.25) is 0 Å². The van der Waals surface area contributed by atoms with Crippen LogP contribution in [0.4, 0.5) is 4.39 Å². The largest absolute Gasteiger partial charge is 0.394 e. The van der Waals surface area contributed by atoms with E-state index in [1.165, 1.54) is 30.7 Å². The van der Waals surface area contributed by atoms with E-state index < -0.39 is 6.10 Å². The summed E-state index contributed by atoms with van der Waals surface area (Å²) in [5.41, 5.74) is 0.652. The van der Waals surface area contributed by atoms with Gasteiger partial charge in [0.15, 0.2) is 0 Å². The summed E-state index contributed by atoms with van der Waals surface area (Å²) in [4.78, 5) is 0.829. The molecule has 0 aliphatic heterocycles. The van der Waals surface area contributed by atoms with E-state index >= 15 is 0 Å². The lowest BCUT2D eigenvalue weighted by atomic mass is 10.2. The van der Waals surface area contributed by atoms with Gasteiger partial charge in [0.25, 0.3) is 0 Å². The standard InChI is InChI=1S/C13H18FNO2S/c14-12-2-1-3-13(18-8-10(17)7-16)11(12)6-15-9-4-5-9/h1-3,9-10,15-17H,4-8H2. The molecule has 5 heteroatoms. The lowest BCUT2D eigenvalue weighted by molar-refractivity contribution is 0.113. The molecule has 1 saturated carbocycles. The zero-order valence-corrected chi connectivity index (χ0v) is 10.9. The molecule has 1 aromatic rings. The van der Waals surface area contributed by atoms with Gasteiger partial charge in [-0.15, -0.1) is 11.8 Å². The first-order valence-corrected chi connectivity index (χ1v) is 7.11. The molecule has 0 radical (unpaired) electrons. The average Bonchev–Trinajstić information content (AvgIpc) is 3.18. The van der Waals surface area contributed by atoms with Crippen LogP contribution in [0.2, 0.25) is 0 Å². The van der Waals surface area contributed by atoms with Crippen LogP contribution in [0.25, 0.3) is 0 Å². The second-order valence-corrected chi connectivity index (χ2v) is 5.58. The van der Waals surface area contributed by atoms with Gasteiger partial charge in [-0.2, -0.15) is 0 Å². The van der Waals surface area contributed by atoms with E-state index in [1.54, 1.807) is 6.07 Å². The van der Waals surface area contributed by atoms with Crippen molar-refractivity contribution in [3.05, 3.63) is 29.6 Å². The maximum Gasteiger partial charge on any atom is 0.128 e. The van der Waals surface area contributed by atoms with Gasteiger partial charge in [-0.1, -0.05) is 6.07 Å². The van der Waals surface area contributed by atoms with Crippen LogP contribution in [0.1, 0.15) is 18.4 Å². The molecule has 1 aromatic carbocycles. The number of hydrogen-bond donors (Lipinski definition) is 3. The molecule has 1 aliphatic carbocycles. The molecule has 0 saturated heterocycles. The molecule has 2 rings (SSSR count). The molecule has 0 bridgehead atoms. The topological polar surface area (TPSA) is 52.5 Å². The zero-order chi connectivity index (χ0) is 13.0. The molecule has 3 nitrogen and oxygen atoms in total.